The maximum atomic E-state index is 5.29. The Kier molecular flexibility index (Phi) is 2.83. The van der Waals surface area contributed by atoms with Gasteiger partial charge in [0.15, 0.2) is 4.77 Å². The van der Waals surface area contributed by atoms with Crippen LogP contribution in [0.25, 0.3) is 11.0 Å². The number of nitrogens with zero attached hydrogens (tertiary/aromatic N) is 1. The van der Waals surface area contributed by atoms with Gasteiger partial charge in [-0.15, -0.1) is 6.58 Å². The Morgan fingerprint density at radius 2 is 2.31 bits per heavy atom. The van der Waals surface area contributed by atoms with Gasteiger partial charge in [-0.25, -0.2) is 0 Å². The minimum absolute atomic E-state index is 0.176. The summed E-state index contributed by atoms with van der Waals surface area (Å²) >= 11 is 5.29. The van der Waals surface area contributed by atoms with Gasteiger partial charge in [0.25, 0.3) is 0 Å². The van der Waals surface area contributed by atoms with Crippen molar-refractivity contribution in [3.05, 3.63) is 35.6 Å². The molecule has 1 N–H and O–H groups in total. The lowest BCUT2D eigenvalue weighted by Crippen LogP contribution is -2.01. The molecule has 1 aromatic carbocycles. The number of rotatable bonds is 3. The number of fused-ring (bicyclic) bond motifs is 1. The van der Waals surface area contributed by atoms with E-state index in [0.29, 0.717) is 4.77 Å². The summed E-state index contributed by atoms with van der Waals surface area (Å²) in [6, 6.07) is 6.05. The van der Waals surface area contributed by atoms with Crippen molar-refractivity contribution in [3.63, 3.8) is 0 Å². The zero-order valence-corrected chi connectivity index (χ0v) is 10.2. The Morgan fingerprint density at radius 1 is 1.56 bits per heavy atom. The van der Waals surface area contributed by atoms with E-state index in [1.807, 2.05) is 28.8 Å². The first-order valence-corrected chi connectivity index (χ1v) is 5.49. The number of hydrogen-bond donors (Lipinski definition) is 1. The molecule has 0 aliphatic heterocycles. The van der Waals surface area contributed by atoms with E-state index in [-0.39, 0.29) is 6.04 Å². The number of imidazole rings is 1. The molecule has 0 amide bonds. The third-order valence-corrected chi connectivity index (χ3v) is 2.97. The molecule has 3 nitrogen and oxygen atoms in total. The SMILES string of the molecule is C=CC(C)n1c(=S)[nH]c2cc(OC)ccc21. The molecular weight excluding hydrogens is 220 g/mol. The summed E-state index contributed by atoms with van der Waals surface area (Å²) in [7, 11) is 1.65. The van der Waals surface area contributed by atoms with Crippen molar-refractivity contribution in [1.29, 1.82) is 0 Å². The van der Waals surface area contributed by atoms with Crippen molar-refractivity contribution >= 4 is 23.3 Å². The normalized spacial score (nSPS) is 12.6. The van der Waals surface area contributed by atoms with E-state index < -0.39 is 0 Å². The molecule has 2 aromatic rings. The largest absolute Gasteiger partial charge is 0.497 e. The lowest BCUT2D eigenvalue weighted by Gasteiger charge is -2.09. The van der Waals surface area contributed by atoms with Crippen LogP contribution >= 0.6 is 12.2 Å². The van der Waals surface area contributed by atoms with Gasteiger partial charge in [0, 0.05) is 6.07 Å². The number of ether oxygens (including phenoxy) is 1. The second-order valence-corrected chi connectivity index (χ2v) is 4.05. The van der Waals surface area contributed by atoms with Gasteiger partial charge in [-0.2, -0.15) is 0 Å². The number of aromatic nitrogens is 2. The highest BCUT2D eigenvalue weighted by Crippen LogP contribution is 2.23. The van der Waals surface area contributed by atoms with E-state index in [4.69, 9.17) is 17.0 Å². The molecule has 0 saturated heterocycles. The summed E-state index contributed by atoms with van der Waals surface area (Å²) in [6.07, 6.45) is 1.87. The highest BCUT2D eigenvalue weighted by atomic mass is 32.1. The Morgan fingerprint density at radius 3 is 2.94 bits per heavy atom. The van der Waals surface area contributed by atoms with Crippen LogP contribution in [0.4, 0.5) is 0 Å². The van der Waals surface area contributed by atoms with Crippen LogP contribution in [0.15, 0.2) is 30.9 Å². The molecule has 2 rings (SSSR count). The second kappa shape index (κ2) is 4.14. The van der Waals surface area contributed by atoms with E-state index in [1.54, 1.807) is 7.11 Å². The van der Waals surface area contributed by atoms with E-state index >= 15 is 0 Å². The Hall–Kier alpha value is -1.55. The molecule has 1 unspecified atom stereocenters. The topological polar surface area (TPSA) is 29.9 Å². The summed E-state index contributed by atoms with van der Waals surface area (Å²) in [5, 5.41) is 0. The fourth-order valence-corrected chi connectivity index (χ4v) is 2.12. The lowest BCUT2D eigenvalue weighted by molar-refractivity contribution is 0.415. The summed E-state index contributed by atoms with van der Waals surface area (Å²) in [6.45, 7) is 5.85. The van der Waals surface area contributed by atoms with Crippen LogP contribution in [0.5, 0.6) is 5.75 Å². The van der Waals surface area contributed by atoms with Crippen LogP contribution in [0.1, 0.15) is 13.0 Å². The molecule has 0 aliphatic carbocycles. The fraction of sp³-hybridized carbons (Fsp3) is 0.250. The van der Waals surface area contributed by atoms with Gasteiger partial charge >= 0.3 is 0 Å². The number of nitrogens with one attached hydrogen (secondary N) is 1. The van der Waals surface area contributed by atoms with Gasteiger partial charge in [-0.3, -0.25) is 0 Å². The minimum Gasteiger partial charge on any atom is -0.497 e. The van der Waals surface area contributed by atoms with Crippen LogP contribution in [0, 0.1) is 4.77 Å². The Balaban J connectivity index is 2.71. The molecular formula is C12H14N2OS. The molecule has 0 radical (unpaired) electrons. The van der Waals surface area contributed by atoms with Crippen LogP contribution in [0.2, 0.25) is 0 Å². The first-order chi connectivity index (χ1) is 7.67. The first-order valence-electron chi connectivity index (χ1n) is 5.08. The number of methoxy groups -OCH3 is 1. The highest BCUT2D eigenvalue weighted by Gasteiger charge is 2.08. The van der Waals surface area contributed by atoms with E-state index in [1.165, 1.54) is 0 Å². The summed E-state index contributed by atoms with van der Waals surface area (Å²) < 4.78 is 7.92. The zero-order chi connectivity index (χ0) is 11.7. The quantitative estimate of drug-likeness (QED) is 0.651. The number of H-pyrrole nitrogens is 1. The third-order valence-electron chi connectivity index (χ3n) is 2.67. The average molecular weight is 234 g/mol. The van der Waals surface area contributed by atoms with Gasteiger partial charge in [0.1, 0.15) is 5.75 Å². The number of allylic oxidation sites excluding steroid dienone is 1. The molecule has 0 spiro atoms. The maximum absolute atomic E-state index is 5.29. The predicted molar refractivity (Wildman–Crippen MR) is 68.6 cm³/mol. The molecule has 84 valence electrons. The van der Waals surface area contributed by atoms with Crippen molar-refractivity contribution in [2.75, 3.05) is 7.11 Å². The van der Waals surface area contributed by atoms with Crippen LogP contribution in [-0.2, 0) is 0 Å². The number of aromatic amines is 1. The van der Waals surface area contributed by atoms with Crippen molar-refractivity contribution < 1.29 is 4.74 Å². The van der Waals surface area contributed by atoms with Crippen LogP contribution < -0.4 is 4.74 Å². The van der Waals surface area contributed by atoms with Gasteiger partial charge in [0.05, 0.1) is 24.2 Å². The number of benzene rings is 1. The molecule has 4 heteroatoms. The molecule has 0 saturated carbocycles. The predicted octanol–water partition coefficient (Wildman–Crippen LogP) is 3.45. The molecule has 1 aromatic heterocycles. The second-order valence-electron chi connectivity index (χ2n) is 3.66. The van der Waals surface area contributed by atoms with E-state index in [9.17, 15) is 0 Å². The molecule has 16 heavy (non-hydrogen) atoms. The molecule has 0 aliphatic rings. The summed E-state index contributed by atoms with van der Waals surface area (Å²) in [5.41, 5.74) is 2.05. The Bertz CT molecular complexity index is 582. The fourth-order valence-electron chi connectivity index (χ4n) is 1.75. The van der Waals surface area contributed by atoms with Crippen LogP contribution in [-0.4, -0.2) is 16.7 Å². The molecule has 1 atom stereocenters. The van der Waals surface area contributed by atoms with Gasteiger partial charge in [0.2, 0.25) is 0 Å². The van der Waals surface area contributed by atoms with Crippen molar-refractivity contribution in [2.24, 2.45) is 0 Å². The van der Waals surface area contributed by atoms with Crippen LogP contribution in [0.3, 0.4) is 0 Å². The van der Waals surface area contributed by atoms with E-state index in [2.05, 4.69) is 18.5 Å². The lowest BCUT2D eigenvalue weighted by atomic mass is 10.2. The van der Waals surface area contributed by atoms with Crippen molar-refractivity contribution in [2.45, 2.75) is 13.0 Å². The Labute approximate surface area is 99.4 Å². The summed E-state index contributed by atoms with van der Waals surface area (Å²) in [4.78, 5) is 3.17. The maximum Gasteiger partial charge on any atom is 0.178 e. The monoisotopic (exact) mass is 234 g/mol. The molecule has 0 fully saturated rings. The van der Waals surface area contributed by atoms with E-state index in [0.717, 1.165) is 16.8 Å². The minimum atomic E-state index is 0.176. The first kappa shape index (κ1) is 11.0. The molecule has 0 bridgehead atoms. The summed E-state index contributed by atoms with van der Waals surface area (Å²) in [5.74, 6) is 0.821. The highest BCUT2D eigenvalue weighted by molar-refractivity contribution is 7.71. The van der Waals surface area contributed by atoms with Gasteiger partial charge in [-0.1, -0.05) is 6.08 Å². The average Bonchev–Trinajstić information content (AvgIpc) is 2.62. The molecule has 1 heterocycles. The zero-order valence-electron chi connectivity index (χ0n) is 9.36. The van der Waals surface area contributed by atoms with Crippen molar-refractivity contribution in [3.8, 4) is 5.75 Å². The van der Waals surface area contributed by atoms with Gasteiger partial charge in [-0.05, 0) is 31.3 Å². The van der Waals surface area contributed by atoms with Crippen molar-refractivity contribution in [1.82, 2.24) is 9.55 Å². The number of hydrogen-bond acceptors (Lipinski definition) is 2. The third kappa shape index (κ3) is 1.65. The standard InChI is InChI=1S/C12H14N2OS/c1-4-8(2)14-11-6-5-9(15-3)7-10(11)13-12(14)16/h4-8H,1H2,2-3H3,(H,13,16). The van der Waals surface area contributed by atoms with Gasteiger partial charge < -0.3 is 14.3 Å². The smallest absolute Gasteiger partial charge is 0.178 e.